The van der Waals surface area contributed by atoms with Crippen molar-refractivity contribution in [3.05, 3.63) is 0 Å². The van der Waals surface area contributed by atoms with Gasteiger partial charge in [-0.05, 0) is 0 Å². The molecule has 1 unspecified atom stereocenters. The van der Waals surface area contributed by atoms with Crippen molar-refractivity contribution in [2.45, 2.75) is 18.6 Å². The molecular formula is C5H6F3N2O+. The van der Waals surface area contributed by atoms with E-state index in [9.17, 15) is 18.0 Å². The molecule has 1 amide bonds. The van der Waals surface area contributed by atoms with Crippen LogP contribution in [0.5, 0.6) is 0 Å². The Bertz CT molecular complexity index is 198. The van der Waals surface area contributed by atoms with Crippen molar-refractivity contribution in [3.8, 4) is 0 Å². The molecule has 1 aliphatic rings. The number of hydrogen-bond acceptors (Lipinski definition) is 1. The summed E-state index contributed by atoms with van der Waals surface area (Å²) in [5.41, 5.74) is 0. The number of alkyl halides is 3. The maximum atomic E-state index is 11.9. The molecule has 0 saturated heterocycles. The molecule has 0 aromatic rings. The molecule has 0 spiro atoms. The van der Waals surface area contributed by atoms with Crippen LogP contribution in [0.3, 0.4) is 0 Å². The SMILES string of the molecule is O=C1CC(C(F)(F)F)[NH+]=CN1. The molecule has 3 nitrogen and oxygen atoms in total. The monoisotopic (exact) mass is 167 g/mol. The Balaban J connectivity index is 2.68. The summed E-state index contributed by atoms with van der Waals surface area (Å²) in [4.78, 5) is 12.4. The maximum absolute atomic E-state index is 11.9. The first-order valence-corrected chi connectivity index (χ1v) is 2.94. The van der Waals surface area contributed by atoms with E-state index < -0.39 is 24.5 Å². The highest BCUT2D eigenvalue weighted by atomic mass is 19.4. The van der Waals surface area contributed by atoms with Crippen LogP contribution in [0.1, 0.15) is 6.42 Å². The van der Waals surface area contributed by atoms with Crippen molar-refractivity contribution in [3.63, 3.8) is 0 Å². The van der Waals surface area contributed by atoms with Crippen molar-refractivity contribution in [1.29, 1.82) is 0 Å². The molecule has 1 heterocycles. The van der Waals surface area contributed by atoms with Gasteiger partial charge in [0.2, 0.25) is 6.34 Å². The summed E-state index contributed by atoms with van der Waals surface area (Å²) in [6.45, 7) is 0. The summed E-state index contributed by atoms with van der Waals surface area (Å²) in [6, 6.07) is -1.74. The highest BCUT2D eigenvalue weighted by Gasteiger charge is 2.44. The summed E-state index contributed by atoms with van der Waals surface area (Å²) in [5.74, 6) is -0.619. The molecule has 0 radical (unpaired) electrons. The predicted octanol–water partition coefficient (Wildman–Crippen LogP) is -1.45. The van der Waals surface area contributed by atoms with Gasteiger partial charge in [0, 0.05) is 0 Å². The van der Waals surface area contributed by atoms with Gasteiger partial charge in [0.05, 0.1) is 6.42 Å². The minimum atomic E-state index is -4.35. The Morgan fingerprint density at radius 2 is 2.27 bits per heavy atom. The molecule has 2 N–H and O–H groups in total. The van der Waals surface area contributed by atoms with E-state index in [1.807, 2.05) is 4.99 Å². The standard InChI is InChI=1S/C5H5F3N2O/c6-5(7,8)3-1-4(11)10-2-9-3/h2-3H,1H2,(H,9,10,11)/p+1. The second-order valence-electron chi connectivity index (χ2n) is 2.18. The van der Waals surface area contributed by atoms with E-state index in [0.29, 0.717) is 0 Å². The normalized spacial score (nSPS) is 25.0. The summed E-state index contributed by atoms with van der Waals surface area (Å²) >= 11 is 0. The lowest BCUT2D eigenvalue weighted by Crippen LogP contribution is -2.85. The number of halogens is 3. The summed E-state index contributed by atoms with van der Waals surface area (Å²) in [5, 5.41) is 2.11. The Kier molecular flexibility index (Phi) is 1.84. The summed E-state index contributed by atoms with van der Waals surface area (Å²) < 4.78 is 35.6. The first-order valence-electron chi connectivity index (χ1n) is 2.94. The highest BCUT2D eigenvalue weighted by molar-refractivity contribution is 5.87. The van der Waals surface area contributed by atoms with Crippen LogP contribution in [0.4, 0.5) is 13.2 Å². The Labute approximate surface area is 60.3 Å². The zero-order valence-corrected chi connectivity index (χ0v) is 5.40. The molecule has 1 rings (SSSR count). The van der Waals surface area contributed by atoms with E-state index in [-0.39, 0.29) is 0 Å². The van der Waals surface area contributed by atoms with Crippen molar-refractivity contribution < 1.29 is 23.0 Å². The van der Waals surface area contributed by atoms with Gasteiger partial charge in [0.25, 0.3) is 0 Å². The van der Waals surface area contributed by atoms with Gasteiger partial charge in [0.15, 0.2) is 6.04 Å². The van der Waals surface area contributed by atoms with Gasteiger partial charge in [-0.25, -0.2) is 10.1 Å². The van der Waals surface area contributed by atoms with Gasteiger partial charge in [0.1, 0.15) is 0 Å². The third-order valence-electron chi connectivity index (χ3n) is 1.30. The molecule has 0 aromatic heterocycles. The predicted molar refractivity (Wildman–Crippen MR) is 29.6 cm³/mol. The highest BCUT2D eigenvalue weighted by Crippen LogP contribution is 2.19. The van der Waals surface area contributed by atoms with Gasteiger partial charge in [-0.15, -0.1) is 0 Å². The quantitative estimate of drug-likeness (QED) is 0.455. The van der Waals surface area contributed by atoms with E-state index in [0.717, 1.165) is 6.34 Å². The van der Waals surface area contributed by atoms with Crippen LogP contribution in [0.25, 0.3) is 0 Å². The third kappa shape index (κ3) is 1.92. The molecule has 0 bridgehead atoms. The van der Waals surface area contributed by atoms with Crippen molar-refractivity contribution in [2.24, 2.45) is 0 Å². The number of hydrogen-bond donors (Lipinski definition) is 2. The molecule has 11 heavy (non-hydrogen) atoms. The molecule has 0 aromatic carbocycles. The average Bonchev–Trinajstić information content (AvgIpc) is 1.86. The molecule has 6 heteroatoms. The van der Waals surface area contributed by atoms with Gasteiger partial charge < -0.3 is 0 Å². The van der Waals surface area contributed by atoms with Gasteiger partial charge in [-0.2, -0.15) is 13.2 Å². The number of nitrogens with one attached hydrogen (secondary N) is 2. The second kappa shape index (κ2) is 2.52. The fraction of sp³-hybridized carbons (Fsp3) is 0.600. The summed E-state index contributed by atoms with van der Waals surface area (Å²) in [6.07, 6.45) is -4.00. The third-order valence-corrected chi connectivity index (χ3v) is 1.30. The van der Waals surface area contributed by atoms with Gasteiger partial charge >= 0.3 is 12.1 Å². The topological polar surface area (TPSA) is 43.1 Å². The number of carbonyl (C=O) groups excluding carboxylic acids is 1. The fourth-order valence-electron chi connectivity index (χ4n) is 0.736. The molecule has 0 aliphatic carbocycles. The molecular weight excluding hydrogens is 161 g/mol. The van der Waals surface area contributed by atoms with E-state index in [1.54, 1.807) is 0 Å². The summed E-state index contributed by atoms with van der Waals surface area (Å²) in [7, 11) is 0. The second-order valence-corrected chi connectivity index (χ2v) is 2.18. The van der Waals surface area contributed by atoms with Crippen molar-refractivity contribution in [2.75, 3.05) is 0 Å². The molecule has 1 aliphatic heterocycles. The minimum Gasteiger partial charge on any atom is -0.268 e. The Morgan fingerprint density at radius 1 is 1.64 bits per heavy atom. The van der Waals surface area contributed by atoms with Crippen molar-refractivity contribution >= 4 is 12.2 Å². The van der Waals surface area contributed by atoms with Crippen LogP contribution in [0, 0.1) is 0 Å². The molecule has 62 valence electrons. The lowest BCUT2D eigenvalue weighted by atomic mass is 10.2. The first-order chi connectivity index (χ1) is 5.00. The molecule has 1 atom stereocenters. The lowest BCUT2D eigenvalue weighted by Gasteiger charge is -2.14. The largest absolute Gasteiger partial charge is 0.429 e. The van der Waals surface area contributed by atoms with E-state index in [2.05, 4.69) is 5.32 Å². The van der Waals surface area contributed by atoms with E-state index in [4.69, 9.17) is 0 Å². The van der Waals surface area contributed by atoms with Gasteiger partial charge in [-0.3, -0.25) is 4.99 Å². The van der Waals surface area contributed by atoms with Crippen LogP contribution in [0.2, 0.25) is 0 Å². The fourth-order valence-corrected chi connectivity index (χ4v) is 0.736. The Hall–Kier alpha value is -1.07. The van der Waals surface area contributed by atoms with Gasteiger partial charge in [-0.1, -0.05) is 0 Å². The van der Waals surface area contributed by atoms with Crippen LogP contribution >= 0.6 is 0 Å². The number of rotatable bonds is 0. The molecule has 0 saturated carbocycles. The lowest BCUT2D eigenvalue weighted by molar-refractivity contribution is -0.547. The first kappa shape index (κ1) is 8.03. The number of carbonyl (C=O) groups is 1. The van der Waals surface area contributed by atoms with Crippen LogP contribution in [0.15, 0.2) is 0 Å². The molecule has 0 fully saturated rings. The zero-order chi connectivity index (χ0) is 8.48. The maximum Gasteiger partial charge on any atom is 0.429 e. The van der Waals surface area contributed by atoms with Crippen LogP contribution in [-0.4, -0.2) is 24.5 Å². The Morgan fingerprint density at radius 3 is 2.64 bits per heavy atom. The zero-order valence-electron chi connectivity index (χ0n) is 5.40. The minimum absolute atomic E-state index is 0.556. The van der Waals surface area contributed by atoms with Crippen molar-refractivity contribution in [1.82, 2.24) is 5.32 Å². The van der Waals surface area contributed by atoms with E-state index >= 15 is 0 Å². The van der Waals surface area contributed by atoms with E-state index in [1.165, 1.54) is 0 Å². The number of amides is 1. The van der Waals surface area contributed by atoms with Crippen LogP contribution in [-0.2, 0) is 4.79 Å². The van der Waals surface area contributed by atoms with Crippen LogP contribution < -0.4 is 10.3 Å². The average molecular weight is 167 g/mol. The smallest absolute Gasteiger partial charge is 0.268 e.